The molecule has 1 heterocycles. The fourth-order valence-electron chi connectivity index (χ4n) is 4.33. The monoisotopic (exact) mass is 291 g/mol. The van der Waals surface area contributed by atoms with Gasteiger partial charge in [0.25, 0.3) is 0 Å². The van der Waals surface area contributed by atoms with E-state index in [1.165, 1.54) is 50.8 Å². The summed E-state index contributed by atoms with van der Waals surface area (Å²) in [5, 5.41) is 0. The minimum absolute atomic E-state index is 0.689. The molecule has 0 amide bonds. The number of hydrogen-bond acceptors (Lipinski definition) is 1. The van der Waals surface area contributed by atoms with E-state index in [1.54, 1.807) is 11.1 Å². The second-order valence-electron chi connectivity index (χ2n) is 6.92. The molecule has 0 spiro atoms. The van der Waals surface area contributed by atoms with Crippen molar-refractivity contribution in [2.45, 2.75) is 38.1 Å². The molecule has 22 heavy (non-hydrogen) atoms. The van der Waals surface area contributed by atoms with Gasteiger partial charge in [-0.1, -0.05) is 54.6 Å². The molecule has 1 saturated heterocycles. The Morgan fingerprint density at radius 2 is 1.55 bits per heavy atom. The second-order valence-corrected chi connectivity index (χ2v) is 6.92. The summed E-state index contributed by atoms with van der Waals surface area (Å²) in [4.78, 5) is 2.74. The quantitative estimate of drug-likeness (QED) is 0.797. The second kappa shape index (κ2) is 6.26. The summed E-state index contributed by atoms with van der Waals surface area (Å²) in [5.74, 6) is 0.871. The molecule has 1 fully saturated rings. The fourth-order valence-corrected chi connectivity index (χ4v) is 4.33. The van der Waals surface area contributed by atoms with Crippen molar-refractivity contribution in [1.29, 1.82) is 0 Å². The molecule has 2 aromatic rings. The maximum Gasteiger partial charge on any atom is 0.0354 e. The molecule has 0 unspecified atom stereocenters. The van der Waals surface area contributed by atoms with Gasteiger partial charge in [0.15, 0.2) is 0 Å². The van der Waals surface area contributed by atoms with Crippen LogP contribution in [0.2, 0.25) is 0 Å². The summed E-state index contributed by atoms with van der Waals surface area (Å²) in [6.45, 7) is 2.55. The molecule has 0 bridgehead atoms. The number of hydrogen-bond donors (Lipinski definition) is 0. The van der Waals surface area contributed by atoms with E-state index in [-0.39, 0.29) is 0 Å². The lowest BCUT2D eigenvalue weighted by Gasteiger charge is -2.36. The van der Waals surface area contributed by atoms with Gasteiger partial charge in [0.2, 0.25) is 0 Å². The topological polar surface area (TPSA) is 3.24 Å². The van der Waals surface area contributed by atoms with Crippen LogP contribution in [0.1, 0.15) is 42.0 Å². The van der Waals surface area contributed by atoms with E-state index in [2.05, 4.69) is 59.5 Å². The molecule has 1 aliphatic heterocycles. The Labute approximate surface area is 134 Å². The first-order chi connectivity index (χ1) is 10.9. The van der Waals surface area contributed by atoms with E-state index in [0.717, 1.165) is 5.92 Å². The average molecular weight is 291 g/mol. The molecule has 2 aliphatic rings. The van der Waals surface area contributed by atoms with Crippen molar-refractivity contribution in [3.63, 3.8) is 0 Å². The van der Waals surface area contributed by atoms with E-state index in [9.17, 15) is 0 Å². The Kier molecular flexibility index (Phi) is 3.99. The van der Waals surface area contributed by atoms with Gasteiger partial charge in [-0.15, -0.1) is 0 Å². The Morgan fingerprint density at radius 3 is 2.36 bits per heavy atom. The highest BCUT2D eigenvalue weighted by Crippen LogP contribution is 2.37. The highest BCUT2D eigenvalue weighted by molar-refractivity contribution is 5.34. The summed E-state index contributed by atoms with van der Waals surface area (Å²) in [6, 6.07) is 20.8. The molecule has 4 rings (SSSR count). The number of piperidine rings is 1. The van der Waals surface area contributed by atoms with Crippen molar-refractivity contribution in [3.8, 4) is 0 Å². The molecule has 2 aromatic carbocycles. The van der Waals surface area contributed by atoms with Crippen LogP contribution in [0.15, 0.2) is 54.6 Å². The van der Waals surface area contributed by atoms with E-state index >= 15 is 0 Å². The maximum atomic E-state index is 2.74. The van der Waals surface area contributed by atoms with Gasteiger partial charge < -0.3 is 0 Å². The molecule has 1 nitrogen and oxygen atoms in total. The maximum absolute atomic E-state index is 2.74. The van der Waals surface area contributed by atoms with E-state index in [0.29, 0.717) is 6.04 Å². The van der Waals surface area contributed by atoms with Gasteiger partial charge >= 0.3 is 0 Å². The Balaban J connectivity index is 1.37. The molecule has 0 saturated carbocycles. The normalized spacial score (nSPS) is 22.6. The standard InChI is InChI=1S/C21H25N/c1-2-6-17(7-3-1)16-18-12-14-22(15-13-18)21-11-10-19-8-4-5-9-20(19)21/h1-9,18,21H,10-16H2/t21-/m0/s1. The number of benzene rings is 2. The molecular weight excluding hydrogens is 266 g/mol. The first-order valence-corrected chi connectivity index (χ1v) is 8.76. The number of likely N-dealkylation sites (tertiary alicyclic amines) is 1. The smallest absolute Gasteiger partial charge is 0.0354 e. The summed E-state index contributed by atoms with van der Waals surface area (Å²) in [5.41, 5.74) is 4.69. The summed E-state index contributed by atoms with van der Waals surface area (Å²) >= 11 is 0. The zero-order valence-corrected chi connectivity index (χ0v) is 13.2. The highest BCUT2D eigenvalue weighted by Gasteiger charge is 2.30. The van der Waals surface area contributed by atoms with Gasteiger partial charge in [0.05, 0.1) is 0 Å². The zero-order chi connectivity index (χ0) is 14.8. The first-order valence-electron chi connectivity index (χ1n) is 8.76. The van der Waals surface area contributed by atoms with Crippen molar-refractivity contribution in [3.05, 3.63) is 71.3 Å². The van der Waals surface area contributed by atoms with Crippen LogP contribution in [0.4, 0.5) is 0 Å². The first kappa shape index (κ1) is 14.0. The number of rotatable bonds is 3. The van der Waals surface area contributed by atoms with Crippen LogP contribution < -0.4 is 0 Å². The number of nitrogens with zero attached hydrogens (tertiary/aromatic N) is 1. The Morgan fingerprint density at radius 1 is 0.818 bits per heavy atom. The van der Waals surface area contributed by atoms with Crippen molar-refractivity contribution < 1.29 is 0 Å². The van der Waals surface area contributed by atoms with Gasteiger partial charge in [-0.3, -0.25) is 4.90 Å². The Hall–Kier alpha value is -1.60. The van der Waals surface area contributed by atoms with Crippen LogP contribution in [0.3, 0.4) is 0 Å². The lowest BCUT2D eigenvalue weighted by Crippen LogP contribution is -2.36. The molecular formula is C21H25N. The lowest BCUT2D eigenvalue weighted by molar-refractivity contribution is 0.132. The van der Waals surface area contributed by atoms with Crippen molar-refractivity contribution in [2.75, 3.05) is 13.1 Å². The van der Waals surface area contributed by atoms with Crippen LogP contribution in [-0.2, 0) is 12.8 Å². The fraction of sp³-hybridized carbons (Fsp3) is 0.429. The predicted molar refractivity (Wildman–Crippen MR) is 91.9 cm³/mol. The van der Waals surface area contributed by atoms with Gasteiger partial charge in [0.1, 0.15) is 0 Å². The largest absolute Gasteiger partial charge is 0.296 e. The molecule has 1 atom stereocenters. The molecule has 0 N–H and O–H groups in total. The predicted octanol–water partition coefficient (Wildman–Crippen LogP) is 4.63. The van der Waals surface area contributed by atoms with Crippen LogP contribution in [-0.4, -0.2) is 18.0 Å². The lowest BCUT2D eigenvalue weighted by atomic mass is 9.89. The summed E-state index contributed by atoms with van der Waals surface area (Å²) in [7, 11) is 0. The summed E-state index contributed by atoms with van der Waals surface area (Å²) in [6.07, 6.45) is 6.56. The number of fused-ring (bicyclic) bond motifs is 1. The molecule has 0 radical (unpaired) electrons. The van der Waals surface area contributed by atoms with E-state index in [4.69, 9.17) is 0 Å². The zero-order valence-electron chi connectivity index (χ0n) is 13.2. The number of aryl methyl sites for hydroxylation is 1. The van der Waals surface area contributed by atoms with E-state index < -0.39 is 0 Å². The van der Waals surface area contributed by atoms with Crippen molar-refractivity contribution in [2.24, 2.45) is 5.92 Å². The molecule has 0 aromatic heterocycles. The van der Waals surface area contributed by atoms with Crippen molar-refractivity contribution in [1.82, 2.24) is 4.90 Å². The van der Waals surface area contributed by atoms with Crippen LogP contribution in [0, 0.1) is 5.92 Å². The third kappa shape index (κ3) is 2.83. The minimum atomic E-state index is 0.689. The van der Waals surface area contributed by atoms with Crippen LogP contribution in [0.5, 0.6) is 0 Å². The van der Waals surface area contributed by atoms with E-state index in [1.807, 2.05) is 0 Å². The molecule has 1 heteroatoms. The third-order valence-electron chi connectivity index (χ3n) is 5.56. The Bertz CT molecular complexity index is 611. The van der Waals surface area contributed by atoms with Gasteiger partial charge in [0, 0.05) is 6.04 Å². The molecule has 114 valence electrons. The average Bonchev–Trinajstić information content (AvgIpc) is 3.01. The van der Waals surface area contributed by atoms with Gasteiger partial charge in [-0.25, -0.2) is 0 Å². The van der Waals surface area contributed by atoms with Crippen molar-refractivity contribution >= 4 is 0 Å². The molecule has 1 aliphatic carbocycles. The summed E-state index contributed by atoms with van der Waals surface area (Å²) < 4.78 is 0. The van der Waals surface area contributed by atoms with Crippen LogP contribution in [0.25, 0.3) is 0 Å². The minimum Gasteiger partial charge on any atom is -0.296 e. The highest BCUT2D eigenvalue weighted by atomic mass is 15.2. The third-order valence-corrected chi connectivity index (χ3v) is 5.56. The SMILES string of the molecule is c1ccc(CC2CCN([C@H]3CCc4ccccc43)CC2)cc1. The van der Waals surface area contributed by atoms with Gasteiger partial charge in [-0.05, 0) is 67.8 Å². The van der Waals surface area contributed by atoms with Gasteiger partial charge in [-0.2, -0.15) is 0 Å². The van der Waals surface area contributed by atoms with Crippen LogP contribution >= 0.6 is 0 Å².